The Morgan fingerprint density at radius 1 is 1.31 bits per heavy atom. The predicted octanol–water partition coefficient (Wildman–Crippen LogP) is 1.74. The highest BCUT2D eigenvalue weighted by Gasteiger charge is 2.13. The third-order valence-corrected chi connectivity index (χ3v) is 4.81. The van der Waals surface area contributed by atoms with Gasteiger partial charge in [0.15, 0.2) is 5.84 Å². The Balaban J connectivity index is 0.000000303. The van der Waals surface area contributed by atoms with Crippen molar-refractivity contribution in [1.29, 1.82) is 0 Å². The molecule has 2 aromatic rings. The van der Waals surface area contributed by atoms with Gasteiger partial charge in [0, 0.05) is 37.8 Å². The zero-order chi connectivity index (χ0) is 23.3. The molecule has 0 spiro atoms. The van der Waals surface area contributed by atoms with Gasteiger partial charge in [-0.25, -0.2) is 0 Å². The van der Waals surface area contributed by atoms with Crippen LogP contribution in [0.5, 0.6) is 5.75 Å². The van der Waals surface area contributed by atoms with Gasteiger partial charge in [0.05, 0.1) is 0 Å². The first kappa shape index (κ1) is 24.9. The Labute approximate surface area is 189 Å². The molecule has 0 amide bonds. The highest BCUT2D eigenvalue weighted by molar-refractivity contribution is 5.97. The van der Waals surface area contributed by atoms with E-state index >= 15 is 0 Å². The second-order valence-corrected chi connectivity index (χ2v) is 7.68. The molecule has 0 radical (unpaired) electrons. The maximum Gasteiger partial charge on any atom is 0.324 e. The van der Waals surface area contributed by atoms with Gasteiger partial charge < -0.3 is 21.3 Å². The summed E-state index contributed by atoms with van der Waals surface area (Å²) in [4.78, 5) is 12.8. The van der Waals surface area contributed by atoms with Crippen molar-refractivity contribution in [2.75, 3.05) is 32.7 Å². The Morgan fingerprint density at radius 3 is 2.69 bits per heavy atom. The standard InChI is InChI=1S/C16H17N3O3.C8H16N2/c17-16(19-18-10-15(21)22)13-5-1-3-11(8-13)7-12-4-2-6-14(20)9-12;1-3-5-10-6-4-9-8(2)7-10/h1-6,8-9,18,20H,7,10H2,(H2,17,19)(H,21,22);3,8-9H,1,4-7H2,2H3. The van der Waals surface area contributed by atoms with Gasteiger partial charge in [-0.15, -0.1) is 6.58 Å². The summed E-state index contributed by atoms with van der Waals surface area (Å²) in [7, 11) is 0. The number of aliphatic carboxylic acids is 1. The first-order valence-corrected chi connectivity index (χ1v) is 10.6. The molecule has 2 aromatic carbocycles. The average Bonchev–Trinajstić information content (AvgIpc) is 2.74. The van der Waals surface area contributed by atoms with Crippen molar-refractivity contribution in [3.05, 3.63) is 77.9 Å². The lowest BCUT2D eigenvalue weighted by Gasteiger charge is -2.30. The van der Waals surface area contributed by atoms with Crippen LogP contribution in [0.4, 0.5) is 0 Å². The van der Waals surface area contributed by atoms with E-state index in [1.165, 1.54) is 0 Å². The lowest BCUT2D eigenvalue weighted by Crippen LogP contribution is -2.49. The fourth-order valence-electron chi connectivity index (χ4n) is 3.36. The summed E-state index contributed by atoms with van der Waals surface area (Å²) in [5, 5.41) is 25.2. The van der Waals surface area contributed by atoms with Gasteiger partial charge in [0.25, 0.3) is 0 Å². The molecule has 0 aliphatic carbocycles. The van der Waals surface area contributed by atoms with E-state index in [9.17, 15) is 9.90 Å². The van der Waals surface area contributed by atoms with Crippen molar-refractivity contribution >= 4 is 11.8 Å². The van der Waals surface area contributed by atoms with Crippen LogP contribution in [-0.2, 0) is 11.2 Å². The molecule has 1 heterocycles. The fourth-order valence-corrected chi connectivity index (χ4v) is 3.36. The smallest absolute Gasteiger partial charge is 0.324 e. The first-order valence-electron chi connectivity index (χ1n) is 10.6. The van der Waals surface area contributed by atoms with Crippen LogP contribution in [0.1, 0.15) is 23.6 Å². The van der Waals surface area contributed by atoms with E-state index in [0.717, 1.165) is 37.3 Å². The molecular weight excluding hydrogens is 406 g/mol. The van der Waals surface area contributed by atoms with E-state index < -0.39 is 5.97 Å². The second kappa shape index (κ2) is 13.1. The number of carboxylic acids is 1. The van der Waals surface area contributed by atoms with Crippen molar-refractivity contribution in [2.45, 2.75) is 19.4 Å². The summed E-state index contributed by atoms with van der Waals surface area (Å²) in [6, 6.07) is 15.2. The Kier molecular flexibility index (Phi) is 10.2. The lowest BCUT2D eigenvalue weighted by molar-refractivity contribution is -0.135. The molecule has 32 heavy (non-hydrogen) atoms. The number of phenols is 1. The largest absolute Gasteiger partial charge is 0.508 e. The summed E-state index contributed by atoms with van der Waals surface area (Å²) in [5.41, 5.74) is 10.9. The van der Waals surface area contributed by atoms with E-state index in [1.807, 2.05) is 30.3 Å². The Morgan fingerprint density at radius 2 is 2.03 bits per heavy atom. The number of carboxylic acid groups (broad SMARTS) is 1. The number of hydrazone groups is 1. The number of benzene rings is 2. The molecule has 172 valence electrons. The third-order valence-electron chi connectivity index (χ3n) is 4.81. The molecule has 1 saturated heterocycles. The maximum absolute atomic E-state index is 10.4. The average molecular weight is 440 g/mol. The highest BCUT2D eigenvalue weighted by atomic mass is 16.4. The first-order chi connectivity index (χ1) is 15.4. The maximum atomic E-state index is 10.4. The number of piperazine rings is 1. The molecule has 1 atom stereocenters. The van der Waals surface area contributed by atoms with Crippen molar-refractivity contribution in [3.63, 3.8) is 0 Å². The number of nitrogens with two attached hydrogens (primary N) is 1. The van der Waals surface area contributed by atoms with E-state index in [0.29, 0.717) is 18.0 Å². The number of nitrogens with one attached hydrogen (secondary N) is 2. The molecule has 0 bridgehead atoms. The second-order valence-electron chi connectivity index (χ2n) is 7.68. The lowest BCUT2D eigenvalue weighted by atomic mass is 10.0. The van der Waals surface area contributed by atoms with Crippen LogP contribution in [0.2, 0.25) is 0 Å². The SMILES string of the molecule is C=CCN1CCNC(C)C1.N/C(=N\NCC(=O)O)c1cccc(Cc2cccc(O)c2)c1. The van der Waals surface area contributed by atoms with Crippen molar-refractivity contribution in [1.82, 2.24) is 15.6 Å². The van der Waals surface area contributed by atoms with Crippen LogP contribution in [0.3, 0.4) is 0 Å². The van der Waals surface area contributed by atoms with Gasteiger partial charge in [-0.2, -0.15) is 5.10 Å². The van der Waals surface area contributed by atoms with Gasteiger partial charge in [-0.1, -0.05) is 36.4 Å². The fraction of sp³-hybridized carbons (Fsp3) is 0.333. The summed E-state index contributed by atoms with van der Waals surface area (Å²) < 4.78 is 0. The number of nitrogens with zero attached hydrogens (tertiary/aromatic N) is 2. The van der Waals surface area contributed by atoms with E-state index in [4.69, 9.17) is 10.8 Å². The monoisotopic (exact) mass is 439 g/mol. The third kappa shape index (κ3) is 9.20. The topological polar surface area (TPSA) is 123 Å². The molecule has 6 N–H and O–H groups in total. The van der Waals surface area contributed by atoms with Crippen LogP contribution in [0, 0.1) is 0 Å². The summed E-state index contributed by atoms with van der Waals surface area (Å²) in [6.07, 6.45) is 2.62. The molecule has 3 rings (SSSR count). The van der Waals surface area contributed by atoms with Crippen molar-refractivity contribution < 1.29 is 15.0 Å². The van der Waals surface area contributed by atoms with Gasteiger partial charge in [0.2, 0.25) is 0 Å². The summed E-state index contributed by atoms with van der Waals surface area (Å²) >= 11 is 0. The summed E-state index contributed by atoms with van der Waals surface area (Å²) in [6.45, 7) is 10.1. The Bertz CT molecular complexity index is 916. The number of amidine groups is 1. The number of hydrogen-bond acceptors (Lipinski definition) is 6. The molecule has 0 saturated carbocycles. The van der Waals surface area contributed by atoms with Crippen molar-refractivity contribution in [3.8, 4) is 5.75 Å². The molecule has 0 aromatic heterocycles. The zero-order valence-electron chi connectivity index (χ0n) is 18.5. The van der Waals surface area contributed by atoms with Gasteiger partial charge in [0.1, 0.15) is 12.3 Å². The molecule has 1 fully saturated rings. The van der Waals surface area contributed by atoms with E-state index in [-0.39, 0.29) is 18.1 Å². The normalized spacial score (nSPS) is 16.5. The zero-order valence-corrected chi connectivity index (χ0v) is 18.5. The number of aromatic hydroxyl groups is 1. The number of rotatable bonds is 8. The summed E-state index contributed by atoms with van der Waals surface area (Å²) in [5.74, 6) is -0.555. The molecule has 8 heteroatoms. The minimum atomic E-state index is -1.01. The van der Waals surface area contributed by atoms with Crippen LogP contribution in [0.15, 0.2) is 66.3 Å². The number of carbonyl (C=O) groups is 1. The van der Waals surface area contributed by atoms with Gasteiger partial charge in [-0.3, -0.25) is 15.1 Å². The minimum Gasteiger partial charge on any atom is -0.508 e. The quantitative estimate of drug-likeness (QED) is 0.184. The van der Waals surface area contributed by atoms with Crippen LogP contribution in [0.25, 0.3) is 0 Å². The molecular formula is C24H33N5O3. The van der Waals surface area contributed by atoms with Crippen LogP contribution in [-0.4, -0.2) is 65.7 Å². The van der Waals surface area contributed by atoms with E-state index in [1.54, 1.807) is 24.3 Å². The molecule has 1 aliphatic heterocycles. The molecule has 1 aliphatic rings. The number of hydrogen-bond donors (Lipinski definition) is 5. The van der Waals surface area contributed by atoms with E-state index in [2.05, 4.69) is 34.2 Å². The minimum absolute atomic E-state index is 0.221. The van der Waals surface area contributed by atoms with Gasteiger partial charge >= 0.3 is 5.97 Å². The molecule has 8 nitrogen and oxygen atoms in total. The Hall–Kier alpha value is -3.36. The van der Waals surface area contributed by atoms with Crippen molar-refractivity contribution in [2.24, 2.45) is 10.8 Å². The van der Waals surface area contributed by atoms with Gasteiger partial charge in [-0.05, 0) is 42.7 Å². The van der Waals surface area contributed by atoms with Crippen LogP contribution >= 0.6 is 0 Å². The molecule has 1 unspecified atom stereocenters. The van der Waals surface area contributed by atoms with Crippen LogP contribution < -0.4 is 16.5 Å². The predicted molar refractivity (Wildman–Crippen MR) is 128 cm³/mol. The number of phenolic OH excluding ortho intramolecular Hbond substituents is 1. The highest BCUT2D eigenvalue weighted by Crippen LogP contribution is 2.16.